The fourth-order valence-corrected chi connectivity index (χ4v) is 2.38. The van der Waals surface area contributed by atoms with E-state index in [9.17, 15) is 4.79 Å². The number of nitrogens with one attached hydrogen (secondary N) is 1. The van der Waals surface area contributed by atoms with Crippen molar-refractivity contribution in [1.29, 1.82) is 0 Å². The summed E-state index contributed by atoms with van der Waals surface area (Å²) in [7, 11) is 0. The lowest BCUT2D eigenvalue weighted by Crippen LogP contribution is -2.30. The van der Waals surface area contributed by atoms with Gasteiger partial charge in [-0.2, -0.15) is 0 Å². The number of nitrogens with zero attached hydrogens (tertiary/aromatic N) is 1. The molecule has 1 aromatic heterocycles. The first-order valence-corrected chi connectivity index (χ1v) is 6.54. The van der Waals surface area contributed by atoms with Crippen LogP contribution in [0.3, 0.4) is 0 Å². The van der Waals surface area contributed by atoms with Gasteiger partial charge in [0.1, 0.15) is 11.5 Å². The highest BCUT2D eigenvalue weighted by atomic mass is 32.1. The Bertz CT molecular complexity index is 704. The van der Waals surface area contributed by atoms with Crippen LogP contribution in [0.2, 0.25) is 0 Å². The maximum Gasteiger partial charge on any atom is 0.281 e. The van der Waals surface area contributed by atoms with Gasteiger partial charge >= 0.3 is 0 Å². The van der Waals surface area contributed by atoms with E-state index in [4.69, 9.17) is 16.6 Å². The van der Waals surface area contributed by atoms with Crippen molar-refractivity contribution in [2.45, 2.75) is 6.92 Å². The van der Waals surface area contributed by atoms with Gasteiger partial charge in [-0.15, -0.1) is 0 Å². The van der Waals surface area contributed by atoms with Crippen LogP contribution in [0, 0.1) is 6.92 Å². The Morgan fingerprint density at radius 3 is 2.75 bits per heavy atom. The first-order valence-electron chi connectivity index (χ1n) is 6.13. The van der Waals surface area contributed by atoms with Gasteiger partial charge in [0.05, 0.1) is 12.0 Å². The van der Waals surface area contributed by atoms with Crippen molar-refractivity contribution in [3.05, 3.63) is 59.7 Å². The summed E-state index contributed by atoms with van der Waals surface area (Å²) in [6.07, 6.45) is 3.20. The highest BCUT2D eigenvalue weighted by molar-refractivity contribution is 7.80. The smallest absolute Gasteiger partial charge is 0.281 e. The number of para-hydroxylation sites is 1. The molecule has 2 heterocycles. The normalized spacial score (nSPS) is 16.9. The Kier molecular flexibility index (Phi) is 3.12. The quantitative estimate of drug-likeness (QED) is 0.680. The molecule has 1 saturated heterocycles. The predicted molar refractivity (Wildman–Crippen MR) is 81.1 cm³/mol. The van der Waals surface area contributed by atoms with E-state index in [-0.39, 0.29) is 5.91 Å². The molecule has 1 aliphatic rings. The molecule has 1 N–H and O–H groups in total. The average Bonchev–Trinajstić information content (AvgIpc) is 3.01. The lowest BCUT2D eigenvalue weighted by Gasteiger charge is -2.16. The van der Waals surface area contributed by atoms with E-state index in [1.54, 1.807) is 24.5 Å². The minimum atomic E-state index is -0.180. The van der Waals surface area contributed by atoms with Crippen LogP contribution in [0.25, 0.3) is 6.08 Å². The number of furan rings is 1. The first kappa shape index (κ1) is 12.6. The maximum absolute atomic E-state index is 12.5. The van der Waals surface area contributed by atoms with Gasteiger partial charge in [-0.3, -0.25) is 9.69 Å². The molecule has 0 spiro atoms. The molecule has 0 aliphatic carbocycles. The molecule has 1 aromatic carbocycles. The van der Waals surface area contributed by atoms with Crippen LogP contribution in [-0.4, -0.2) is 11.0 Å². The number of benzene rings is 1. The Morgan fingerprint density at radius 2 is 2.05 bits per heavy atom. The molecule has 0 atom stereocenters. The molecule has 1 amide bonds. The zero-order chi connectivity index (χ0) is 14.1. The minimum absolute atomic E-state index is 0.180. The van der Waals surface area contributed by atoms with Crippen molar-refractivity contribution in [3.63, 3.8) is 0 Å². The largest absolute Gasteiger partial charge is 0.465 e. The van der Waals surface area contributed by atoms with Crippen molar-refractivity contribution in [1.82, 2.24) is 5.32 Å². The third-order valence-corrected chi connectivity index (χ3v) is 3.35. The van der Waals surface area contributed by atoms with E-state index in [1.807, 2.05) is 31.2 Å². The molecule has 1 aliphatic heterocycles. The SMILES string of the molecule is Cc1ccccc1N1C(=O)/C(=C/c2ccco2)NC1=S. The summed E-state index contributed by atoms with van der Waals surface area (Å²) in [5, 5.41) is 3.30. The lowest BCUT2D eigenvalue weighted by atomic mass is 10.2. The van der Waals surface area contributed by atoms with Crippen molar-refractivity contribution >= 4 is 35.0 Å². The third-order valence-electron chi connectivity index (χ3n) is 3.06. The van der Waals surface area contributed by atoms with E-state index in [0.29, 0.717) is 16.6 Å². The Labute approximate surface area is 121 Å². The van der Waals surface area contributed by atoms with E-state index < -0.39 is 0 Å². The zero-order valence-corrected chi connectivity index (χ0v) is 11.6. The van der Waals surface area contributed by atoms with Crippen LogP contribution in [0.5, 0.6) is 0 Å². The van der Waals surface area contributed by atoms with Crippen molar-refractivity contribution in [3.8, 4) is 0 Å². The van der Waals surface area contributed by atoms with Gasteiger partial charge in [0.15, 0.2) is 5.11 Å². The number of hydrogen-bond donors (Lipinski definition) is 1. The number of aryl methyl sites for hydroxylation is 1. The molecule has 0 unspecified atom stereocenters. The zero-order valence-electron chi connectivity index (χ0n) is 10.8. The molecule has 20 heavy (non-hydrogen) atoms. The summed E-state index contributed by atoms with van der Waals surface area (Å²) in [4.78, 5) is 14.0. The van der Waals surface area contributed by atoms with Crippen molar-refractivity contribution in [2.75, 3.05) is 4.90 Å². The van der Waals surface area contributed by atoms with Gasteiger partial charge in [-0.05, 0) is 42.9 Å². The van der Waals surface area contributed by atoms with Crippen molar-refractivity contribution in [2.24, 2.45) is 0 Å². The monoisotopic (exact) mass is 284 g/mol. The number of amides is 1. The molecule has 2 aromatic rings. The van der Waals surface area contributed by atoms with E-state index in [0.717, 1.165) is 11.3 Å². The standard InChI is InChI=1S/C15H12N2O2S/c1-10-5-2-3-7-13(10)17-14(18)12(16-15(17)20)9-11-6-4-8-19-11/h2-9H,1H3,(H,16,20)/b12-9-. The summed E-state index contributed by atoms with van der Waals surface area (Å²) < 4.78 is 5.21. The Balaban J connectivity index is 1.98. The topological polar surface area (TPSA) is 45.5 Å². The second kappa shape index (κ2) is 4.94. The highest BCUT2D eigenvalue weighted by Crippen LogP contribution is 2.25. The molecule has 100 valence electrons. The summed E-state index contributed by atoms with van der Waals surface area (Å²) in [5.41, 5.74) is 2.19. The Morgan fingerprint density at radius 1 is 1.25 bits per heavy atom. The predicted octanol–water partition coefficient (Wildman–Crippen LogP) is 2.85. The molecule has 0 radical (unpaired) electrons. The van der Waals surface area contributed by atoms with Gasteiger partial charge in [0.25, 0.3) is 5.91 Å². The van der Waals surface area contributed by atoms with Crippen molar-refractivity contribution < 1.29 is 9.21 Å². The maximum atomic E-state index is 12.5. The van der Waals surface area contributed by atoms with Crippen LogP contribution in [-0.2, 0) is 4.79 Å². The second-order valence-corrected chi connectivity index (χ2v) is 4.82. The first-order chi connectivity index (χ1) is 9.66. The number of carbonyl (C=O) groups is 1. The Hall–Kier alpha value is -2.40. The van der Waals surface area contributed by atoms with Crippen LogP contribution in [0.15, 0.2) is 52.8 Å². The molecule has 0 bridgehead atoms. The summed E-state index contributed by atoms with van der Waals surface area (Å²) in [6.45, 7) is 1.94. The summed E-state index contributed by atoms with van der Waals surface area (Å²) >= 11 is 5.25. The van der Waals surface area contributed by atoms with Gasteiger partial charge in [0, 0.05) is 6.08 Å². The van der Waals surface area contributed by atoms with Gasteiger partial charge < -0.3 is 9.73 Å². The molecule has 0 saturated carbocycles. The number of anilines is 1. The third kappa shape index (κ3) is 2.12. The molecular weight excluding hydrogens is 272 g/mol. The molecule has 4 nitrogen and oxygen atoms in total. The number of rotatable bonds is 2. The fraction of sp³-hybridized carbons (Fsp3) is 0.0667. The van der Waals surface area contributed by atoms with Crippen LogP contribution in [0.1, 0.15) is 11.3 Å². The number of thiocarbonyl (C=S) groups is 1. The fourth-order valence-electron chi connectivity index (χ4n) is 2.08. The molecule has 3 rings (SSSR count). The second-order valence-electron chi connectivity index (χ2n) is 4.43. The molecule has 1 fully saturated rings. The van der Waals surface area contributed by atoms with E-state index in [1.165, 1.54) is 4.90 Å². The highest BCUT2D eigenvalue weighted by Gasteiger charge is 2.32. The van der Waals surface area contributed by atoms with Gasteiger partial charge in [-0.25, -0.2) is 0 Å². The van der Waals surface area contributed by atoms with Gasteiger partial charge in [-0.1, -0.05) is 18.2 Å². The molecular formula is C15H12N2O2S. The van der Waals surface area contributed by atoms with Crippen LogP contribution in [0.4, 0.5) is 5.69 Å². The average molecular weight is 284 g/mol. The van der Waals surface area contributed by atoms with Crippen LogP contribution >= 0.6 is 12.2 Å². The lowest BCUT2D eigenvalue weighted by molar-refractivity contribution is -0.113. The van der Waals surface area contributed by atoms with E-state index >= 15 is 0 Å². The number of carbonyl (C=O) groups excluding carboxylic acids is 1. The van der Waals surface area contributed by atoms with E-state index in [2.05, 4.69) is 5.32 Å². The summed E-state index contributed by atoms with van der Waals surface area (Å²) in [6, 6.07) is 11.2. The number of hydrogen-bond acceptors (Lipinski definition) is 3. The van der Waals surface area contributed by atoms with Gasteiger partial charge in [0.2, 0.25) is 0 Å². The van der Waals surface area contributed by atoms with Crippen LogP contribution < -0.4 is 10.2 Å². The summed E-state index contributed by atoms with van der Waals surface area (Å²) in [5.74, 6) is 0.427. The molecule has 5 heteroatoms. The minimum Gasteiger partial charge on any atom is -0.465 e.